The number of ether oxygens (including phenoxy) is 1. The molecule has 2 heterocycles. The van der Waals surface area contributed by atoms with Gasteiger partial charge in [0.1, 0.15) is 0 Å². The van der Waals surface area contributed by atoms with Crippen LogP contribution >= 0.6 is 11.3 Å². The van der Waals surface area contributed by atoms with Gasteiger partial charge in [-0.2, -0.15) is 0 Å². The first kappa shape index (κ1) is 13.8. The Kier molecular flexibility index (Phi) is 3.48. The molecule has 1 unspecified atom stereocenters. The maximum absolute atomic E-state index is 12.4. The van der Waals surface area contributed by atoms with Crippen molar-refractivity contribution in [2.75, 3.05) is 25.4 Å². The van der Waals surface area contributed by atoms with E-state index in [1.807, 2.05) is 0 Å². The minimum atomic E-state index is -1.06. The first-order chi connectivity index (χ1) is 10.0. The van der Waals surface area contributed by atoms with Gasteiger partial charge in [-0.3, -0.25) is 4.79 Å². The van der Waals surface area contributed by atoms with Gasteiger partial charge in [0.2, 0.25) is 0 Å². The van der Waals surface area contributed by atoms with Gasteiger partial charge in [0, 0.05) is 12.1 Å². The van der Waals surface area contributed by atoms with E-state index >= 15 is 0 Å². The Balaban J connectivity index is 1.84. The van der Waals surface area contributed by atoms with Gasteiger partial charge in [0.05, 0.1) is 23.4 Å². The summed E-state index contributed by atoms with van der Waals surface area (Å²) in [7, 11) is 0. The number of carboxylic acid groups (broad SMARTS) is 1. The summed E-state index contributed by atoms with van der Waals surface area (Å²) < 4.78 is 5.95. The number of amides is 1. The van der Waals surface area contributed by atoms with Gasteiger partial charge in [-0.25, -0.2) is 9.78 Å². The number of carboxylic acids is 1. The van der Waals surface area contributed by atoms with Crippen molar-refractivity contribution >= 4 is 38.6 Å². The Hall–Kier alpha value is -2.19. The van der Waals surface area contributed by atoms with E-state index in [9.17, 15) is 9.59 Å². The summed E-state index contributed by atoms with van der Waals surface area (Å²) in [6.07, 6.45) is -0.967. The number of rotatable bonds is 2. The zero-order valence-corrected chi connectivity index (χ0v) is 11.8. The van der Waals surface area contributed by atoms with Crippen LogP contribution in [0.2, 0.25) is 0 Å². The number of nitrogen functional groups attached to an aromatic ring is 1. The molecule has 0 aliphatic carbocycles. The second-order valence-corrected chi connectivity index (χ2v) is 5.75. The molecule has 1 aliphatic rings. The Bertz CT molecular complexity index is 715. The smallest absolute Gasteiger partial charge is 0.334 e. The number of morpholine rings is 1. The number of hydrogen-bond acceptors (Lipinski definition) is 6. The van der Waals surface area contributed by atoms with Gasteiger partial charge in [0.25, 0.3) is 5.91 Å². The van der Waals surface area contributed by atoms with E-state index in [4.69, 9.17) is 15.6 Å². The molecular weight excluding hydrogens is 294 g/mol. The van der Waals surface area contributed by atoms with Gasteiger partial charge < -0.3 is 20.5 Å². The molecule has 1 atom stereocenters. The van der Waals surface area contributed by atoms with E-state index in [0.717, 1.165) is 10.2 Å². The van der Waals surface area contributed by atoms with Gasteiger partial charge in [-0.1, -0.05) is 11.3 Å². The summed E-state index contributed by atoms with van der Waals surface area (Å²) in [5.41, 5.74) is 6.89. The zero-order valence-electron chi connectivity index (χ0n) is 11.0. The predicted octanol–water partition coefficient (Wildman–Crippen LogP) is 0.804. The molecule has 110 valence electrons. The molecule has 0 bridgehead atoms. The fourth-order valence-corrected chi connectivity index (χ4v) is 3.01. The number of aromatic nitrogens is 1. The Morgan fingerprint density at radius 3 is 3.05 bits per heavy atom. The highest BCUT2D eigenvalue weighted by Crippen LogP contribution is 2.25. The lowest BCUT2D eigenvalue weighted by atomic mass is 10.1. The number of hydrogen-bond donors (Lipinski definition) is 2. The number of thiazole rings is 1. The highest BCUT2D eigenvalue weighted by atomic mass is 32.1. The first-order valence-electron chi connectivity index (χ1n) is 6.34. The van der Waals surface area contributed by atoms with Crippen molar-refractivity contribution in [1.82, 2.24) is 9.88 Å². The van der Waals surface area contributed by atoms with Crippen LogP contribution in [-0.4, -0.2) is 52.7 Å². The third kappa shape index (κ3) is 2.67. The molecule has 3 N–H and O–H groups in total. The quantitative estimate of drug-likeness (QED) is 0.850. The van der Waals surface area contributed by atoms with Crippen LogP contribution in [-0.2, 0) is 9.53 Å². The van der Waals surface area contributed by atoms with Crippen LogP contribution in [0.4, 0.5) is 5.13 Å². The number of carbonyl (C=O) groups is 2. The topological polar surface area (TPSA) is 106 Å². The van der Waals surface area contributed by atoms with Crippen molar-refractivity contribution in [3.63, 3.8) is 0 Å². The highest BCUT2D eigenvalue weighted by Gasteiger charge is 2.29. The number of carbonyl (C=O) groups excluding carboxylic acids is 1. The summed E-state index contributed by atoms with van der Waals surface area (Å²) >= 11 is 1.31. The van der Waals surface area contributed by atoms with E-state index in [2.05, 4.69) is 4.98 Å². The van der Waals surface area contributed by atoms with E-state index < -0.39 is 12.1 Å². The van der Waals surface area contributed by atoms with Gasteiger partial charge in [-0.05, 0) is 18.2 Å². The van der Waals surface area contributed by atoms with Crippen molar-refractivity contribution in [1.29, 1.82) is 0 Å². The third-order valence-electron chi connectivity index (χ3n) is 3.28. The molecule has 3 rings (SSSR count). The molecule has 1 aromatic carbocycles. The van der Waals surface area contributed by atoms with Gasteiger partial charge in [-0.15, -0.1) is 0 Å². The first-order valence-corrected chi connectivity index (χ1v) is 7.16. The Morgan fingerprint density at radius 2 is 2.29 bits per heavy atom. The third-order valence-corrected chi connectivity index (χ3v) is 4.13. The van der Waals surface area contributed by atoms with E-state index in [1.165, 1.54) is 16.2 Å². The molecule has 21 heavy (non-hydrogen) atoms. The second-order valence-electron chi connectivity index (χ2n) is 4.68. The van der Waals surface area contributed by atoms with Crippen molar-refractivity contribution in [3.8, 4) is 0 Å². The molecule has 8 heteroatoms. The van der Waals surface area contributed by atoms with Gasteiger partial charge >= 0.3 is 5.97 Å². The number of benzene rings is 1. The standard InChI is InChI=1S/C13H13N3O4S/c14-13-15-8-2-1-7(5-10(8)21-13)11(17)16-3-4-20-9(6-16)12(18)19/h1-2,5,9H,3-4,6H2,(H2,14,15)(H,18,19). The molecular formula is C13H13N3O4S. The van der Waals surface area contributed by atoms with Crippen LogP contribution in [0.5, 0.6) is 0 Å². The van der Waals surface area contributed by atoms with Crippen LogP contribution in [0.15, 0.2) is 18.2 Å². The fraction of sp³-hybridized carbons (Fsp3) is 0.308. The largest absolute Gasteiger partial charge is 0.479 e. The summed E-state index contributed by atoms with van der Waals surface area (Å²) in [5, 5.41) is 9.42. The van der Waals surface area contributed by atoms with Crippen LogP contribution < -0.4 is 5.73 Å². The molecule has 1 aliphatic heterocycles. The number of anilines is 1. The summed E-state index contributed by atoms with van der Waals surface area (Å²) in [6, 6.07) is 5.15. The minimum Gasteiger partial charge on any atom is -0.479 e. The minimum absolute atomic E-state index is 0.0526. The van der Waals surface area contributed by atoms with Crippen LogP contribution in [0, 0.1) is 0 Å². The lowest BCUT2D eigenvalue weighted by molar-refractivity contribution is -0.154. The molecule has 0 spiro atoms. The molecule has 1 amide bonds. The molecule has 1 fully saturated rings. The number of fused-ring (bicyclic) bond motifs is 1. The van der Waals surface area contributed by atoms with Crippen molar-refractivity contribution in [2.24, 2.45) is 0 Å². The molecule has 0 radical (unpaired) electrons. The Labute approximate surface area is 123 Å². The Morgan fingerprint density at radius 1 is 1.48 bits per heavy atom. The van der Waals surface area contributed by atoms with Crippen molar-refractivity contribution in [3.05, 3.63) is 23.8 Å². The molecule has 7 nitrogen and oxygen atoms in total. The monoisotopic (exact) mass is 307 g/mol. The van der Waals surface area contributed by atoms with E-state index in [0.29, 0.717) is 17.2 Å². The number of nitrogens with two attached hydrogens (primary N) is 1. The molecule has 1 aromatic heterocycles. The SMILES string of the molecule is Nc1nc2ccc(C(=O)N3CCOC(C(=O)O)C3)cc2s1. The average molecular weight is 307 g/mol. The number of nitrogens with zero attached hydrogens (tertiary/aromatic N) is 2. The van der Waals surface area contributed by atoms with Crippen LogP contribution in [0.3, 0.4) is 0 Å². The summed E-state index contributed by atoms with van der Waals surface area (Å²) in [5.74, 6) is -1.27. The number of aliphatic carboxylic acids is 1. The normalized spacial score (nSPS) is 18.9. The molecule has 2 aromatic rings. The lowest BCUT2D eigenvalue weighted by Crippen LogP contribution is -2.48. The highest BCUT2D eigenvalue weighted by molar-refractivity contribution is 7.22. The lowest BCUT2D eigenvalue weighted by Gasteiger charge is -2.30. The summed E-state index contributed by atoms with van der Waals surface area (Å²) in [4.78, 5) is 29.0. The second kappa shape index (κ2) is 5.30. The predicted molar refractivity (Wildman–Crippen MR) is 77.3 cm³/mol. The maximum Gasteiger partial charge on any atom is 0.334 e. The van der Waals surface area contributed by atoms with Gasteiger partial charge in [0.15, 0.2) is 11.2 Å². The van der Waals surface area contributed by atoms with Crippen LogP contribution in [0.1, 0.15) is 10.4 Å². The van der Waals surface area contributed by atoms with Crippen molar-refractivity contribution < 1.29 is 19.4 Å². The average Bonchev–Trinajstić information content (AvgIpc) is 2.85. The molecule has 0 saturated carbocycles. The van der Waals surface area contributed by atoms with Crippen molar-refractivity contribution in [2.45, 2.75) is 6.10 Å². The fourth-order valence-electron chi connectivity index (χ4n) is 2.24. The maximum atomic E-state index is 12.4. The summed E-state index contributed by atoms with van der Waals surface area (Å²) in [6.45, 7) is 0.654. The van der Waals surface area contributed by atoms with E-state index in [1.54, 1.807) is 18.2 Å². The zero-order chi connectivity index (χ0) is 15.0. The van der Waals surface area contributed by atoms with E-state index in [-0.39, 0.29) is 19.1 Å². The molecule has 1 saturated heterocycles. The van der Waals surface area contributed by atoms with Crippen LogP contribution in [0.25, 0.3) is 10.2 Å².